The molecule has 16 heavy (non-hydrogen) atoms. The predicted octanol–water partition coefficient (Wildman–Crippen LogP) is 2.60. The Labute approximate surface area is 103 Å². The van der Waals surface area contributed by atoms with Gasteiger partial charge < -0.3 is 0 Å². The molecule has 1 aliphatic rings. The first-order chi connectivity index (χ1) is 7.34. The van der Waals surface area contributed by atoms with Crippen LogP contribution in [0.2, 0.25) is 10.0 Å². The first-order valence-corrected chi connectivity index (χ1v) is 7.00. The second kappa shape index (κ2) is 3.72. The lowest BCUT2D eigenvalue weighted by Gasteiger charge is -2.22. The molecule has 1 atom stereocenters. The SMILES string of the molecule is CC1CS(=O)(=O)c2c(Cl)ccc(Cl)c2C1=O. The summed E-state index contributed by atoms with van der Waals surface area (Å²) in [6, 6.07) is 2.83. The van der Waals surface area contributed by atoms with Crippen molar-refractivity contribution in [3.8, 4) is 0 Å². The largest absolute Gasteiger partial charge is 0.294 e. The molecule has 2 rings (SSSR count). The molecule has 0 bridgehead atoms. The Balaban J connectivity index is 2.89. The quantitative estimate of drug-likeness (QED) is 0.733. The van der Waals surface area contributed by atoms with E-state index in [9.17, 15) is 13.2 Å². The highest BCUT2D eigenvalue weighted by Crippen LogP contribution is 2.37. The third-order valence-electron chi connectivity index (χ3n) is 2.53. The molecule has 86 valence electrons. The summed E-state index contributed by atoms with van der Waals surface area (Å²) in [5.74, 6) is -1.05. The second-order valence-corrected chi connectivity index (χ2v) is 6.57. The molecule has 0 aliphatic carbocycles. The van der Waals surface area contributed by atoms with Crippen molar-refractivity contribution in [1.82, 2.24) is 0 Å². The van der Waals surface area contributed by atoms with Crippen LogP contribution in [0.1, 0.15) is 17.3 Å². The van der Waals surface area contributed by atoms with Crippen LogP contribution in [0, 0.1) is 5.92 Å². The van der Waals surface area contributed by atoms with Crippen LogP contribution in [0.4, 0.5) is 0 Å². The van der Waals surface area contributed by atoms with Gasteiger partial charge in [0.25, 0.3) is 0 Å². The van der Waals surface area contributed by atoms with Crippen LogP contribution in [-0.4, -0.2) is 20.0 Å². The van der Waals surface area contributed by atoms with Gasteiger partial charge in [0.15, 0.2) is 15.6 Å². The normalized spacial score (nSPS) is 22.9. The van der Waals surface area contributed by atoms with Gasteiger partial charge in [0.05, 0.1) is 26.3 Å². The number of rotatable bonds is 0. The highest BCUT2D eigenvalue weighted by molar-refractivity contribution is 7.91. The van der Waals surface area contributed by atoms with Gasteiger partial charge in [-0.2, -0.15) is 0 Å². The van der Waals surface area contributed by atoms with Gasteiger partial charge in [0, 0.05) is 5.92 Å². The molecule has 3 nitrogen and oxygen atoms in total. The van der Waals surface area contributed by atoms with Crippen molar-refractivity contribution in [2.24, 2.45) is 5.92 Å². The highest BCUT2D eigenvalue weighted by atomic mass is 35.5. The highest BCUT2D eigenvalue weighted by Gasteiger charge is 2.37. The van der Waals surface area contributed by atoms with E-state index in [1.54, 1.807) is 6.92 Å². The minimum absolute atomic E-state index is 0.0351. The Hall–Kier alpha value is -0.580. The van der Waals surface area contributed by atoms with Gasteiger partial charge in [-0.25, -0.2) is 8.42 Å². The monoisotopic (exact) mass is 278 g/mol. The summed E-state index contributed by atoms with van der Waals surface area (Å²) >= 11 is 11.7. The van der Waals surface area contributed by atoms with Gasteiger partial charge in [-0.15, -0.1) is 0 Å². The predicted molar refractivity (Wildman–Crippen MR) is 62.0 cm³/mol. The van der Waals surface area contributed by atoms with Crippen molar-refractivity contribution < 1.29 is 13.2 Å². The molecule has 0 saturated heterocycles. The molecule has 0 fully saturated rings. The van der Waals surface area contributed by atoms with Gasteiger partial charge in [-0.05, 0) is 12.1 Å². The van der Waals surface area contributed by atoms with E-state index in [0.29, 0.717) is 0 Å². The standard InChI is InChI=1S/C10H8Cl2O3S/c1-5-4-16(14,15)10-7(12)3-2-6(11)8(10)9(5)13/h2-3,5H,4H2,1H3. The van der Waals surface area contributed by atoms with E-state index in [-0.39, 0.29) is 32.0 Å². The molecule has 1 aromatic rings. The Morgan fingerprint density at radius 3 is 2.44 bits per heavy atom. The first-order valence-electron chi connectivity index (χ1n) is 4.59. The Bertz CT molecular complexity index is 578. The zero-order chi connectivity index (χ0) is 12.1. The molecule has 1 aliphatic heterocycles. The molecular formula is C10H8Cl2O3S. The molecule has 0 N–H and O–H groups in total. The van der Waals surface area contributed by atoms with Crippen LogP contribution >= 0.6 is 23.2 Å². The lowest BCUT2D eigenvalue weighted by atomic mass is 10.0. The number of carbonyl (C=O) groups excluding carboxylic acids is 1. The Morgan fingerprint density at radius 1 is 1.25 bits per heavy atom. The summed E-state index contributed by atoms with van der Waals surface area (Å²) in [5, 5.41) is 0.194. The van der Waals surface area contributed by atoms with Crippen molar-refractivity contribution in [3.63, 3.8) is 0 Å². The number of sulfone groups is 1. The summed E-state index contributed by atoms with van der Waals surface area (Å²) in [5.41, 5.74) is 0.0351. The maximum Gasteiger partial charge on any atom is 0.181 e. The van der Waals surface area contributed by atoms with Crippen molar-refractivity contribution in [3.05, 3.63) is 27.7 Å². The van der Waals surface area contributed by atoms with Crippen LogP contribution in [0.3, 0.4) is 0 Å². The molecule has 0 spiro atoms. The summed E-state index contributed by atoms with van der Waals surface area (Å²) in [6.07, 6.45) is 0. The fourth-order valence-electron chi connectivity index (χ4n) is 1.80. The van der Waals surface area contributed by atoms with Crippen LogP contribution in [-0.2, 0) is 9.84 Å². The van der Waals surface area contributed by atoms with E-state index < -0.39 is 15.8 Å². The molecule has 1 heterocycles. The number of hydrogen-bond donors (Lipinski definition) is 0. The van der Waals surface area contributed by atoms with Crippen LogP contribution < -0.4 is 0 Å². The fraction of sp³-hybridized carbons (Fsp3) is 0.300. The first kappa shape index (κ1) is 11.9. The van der Waals surface area contributed by atoms with E-state index in [1.165, 1.54) is 12.1 Å². The molecule has 0 saturated carbocycles. The minimum atomic E-state index is -3.51. The molecule has 0 amide bonds. The van der Waals surface area contributed by atoms with Crippen LogP contribution in [0.5, 0.6) is 0 Å². The van der Waals surface area contributed by atoms with Gasteiger partial charge in [0.1, 0.15) is 0 Å². The molecule has 6 heteroatoms. The molecule has 1 unspecified atom stereocenters. The summed E-state index contributed by atoms with van der Waals surface area (Å²) in [4.78, 5) is 11.7. The molecular weight excluding hydrogens is 271 g/mol. The van der Waals surface area contributed by atoms with Gasteiger partial charge >= 0.3 is 0 Å². The zero-order valence-electron chi connectivity index (χ0n) is 8.33. The van der Waals surface area contributed by atoms with Gasteiger partial charge in [0.2, 0.25) is 0 Å². The maximum atomic E-state index is 11.9. The third-order valence-corrected chi connectivity index (χ3v) is 5.26. The number of hydrogen-bond acceptors (Lipinski definition) is 3. The second-order valence-electron chi connectivity index (χ2n) is 3.78. The van der Waals surface area contributed by atoms with Crippen LogP contribution in [0.15, 0.2) is 17.0 Å². The summed E-state index contributed by atoms with van der Waals surface area (Å²) < 4.78 is 23.8. The van der Waals surface area contributed by atoms with E-state index in [0.717, 1.165) is 0 Å². The summed E-state index contributed by atoms with van der Waals surface area (Å²) in [7, 11) is -3.51. The zero-order valence-corrected chi connectivity index (χ0v) is 10.7. The Morgan fingerprint density at radius 2 is 1.81 bits per heavy atom. The van der Waals surface area contributed by atoms with Crippen LogP contribution in [0.25, 0.3) is 0 Å². The van der Waals surface area contributed by atoms with Crippen molar-refractivity contribution in [2.45, 2.75) is 11.8 Å². The number of fused-ring (bicyclic) bond motifs is 1. The number of halogens is 2. The third kappa shape index (κ3) is 1.65. The maximum absolute atomic E-state index is 11.9. The van der Waals surface area contributed by atoms with E-state index in [1.807, 2.05) is 0 Å². The van der Waals surface area contributed by atoms with Gasteiger partial charge in [-0.3, -0.25) is 4.79 Å². The average molecular weight is 279 g/mol. The number of Topliss-reactive ketones (excluding diaryl/α,β-unsaturated/α-hetero) is 1. The van der Waals surface area contributed by atoms with Gasteiger partial charge in [-0.1, -0.05) is 30.1 Å². The smallest absolute Gasteiger partial charge is 0.181 e. The minimum Gasteiger partial charge on any atom is -0.294 e. The number of benzene rings is 1. The number of ketones is 1. The summed E-state index contributed by atoms with van der Waals surface area (Å²) in [6.45, 7) is 1.57. The topological polar surface area (TPSA) is 51.2 Å². The van der Waals surface area contributed by atoms with Crippen molar-refractivity contribution in [2.75, 3.05) is 5.75 Å². The van der Waals surface area contributed by atoms with E-state index >= 15 is 0 Å². The molecule has 1 aromatic carbocycles. The Kier molecular flexibility index (Phi) is 2.77. The fourth-order valence-corrected chi connectivity index (χ4v) is 4.48. The van der Waals surface area contributed by atoms with Crippen molar-refractivity contribution >= 4 is 38.8 Å². The lowest BCUT2D eigenvalue weighted by molar-refractivity contribution is 0.0934. The van der Waals surface area contributed by atoms with E-state index in [4.69, 9.17) is 23.2 Å². The number of carbonyl (C=O) groups is 1. The average Bonchev–Trinajstić information content (AvgIpc) is 2.17. The van der Waals surface area contributed by atoms with E-state index in [2.05, 4.69) is 0 Å². The van der Waals surface area contributed by atoms with Crippen molar-refractivity contribution in [1.29, 1.82) is 0 Å². The molecule has 0 aromatic heterocycles. The lowest BCUT2D eigenvalue weighted by Crippen LogP contribution is -2.30. The molecule has 0 radical (unpaired) electrons.